The normalized spacial score (nSPS) is 12.2. The zero-order valence-electron chi connectivity index (χ0n) is 14.4. The summed E-state index contributed by atoms with van der Waals surface area (Å²) in [7, 11) is 1.66. The topological polar surface area (TPSA) is 38.3 Å². The summed E-state index contributed by atoms with van der Waals surface area (Å²) >= 11 is 0. The zero-order valence-corrected chi connectivity index (χ0v) is 14.4. The second-order valence-electron chi connectivity index (χ2n) is 5.95. The highest BCUT2D eigenvalue weighted by Gasteiger charge is 2.06. The lowest BCUT2D eigenvalue weighted by molar-refractivity contribution is -0.117. The number of carbonyl (C=O) groups excluding carboxylic acids is 1. The van der Waals surface area contributed by atoms with Crippen LogP contribution >= 0.6 is 0 Å². The molecule has 126 valence electrons. The predicted molar refractivity (Wildman–Crippen MR) is 103 cm³/mol. The summed E-state index contributed by atoms with van der Waals surface area (Å²) in [6.45, 7) is 1.98. The van der Waals surface area contributed by atoms with Gasteiger partial charge >= 0.3 is 0 Å². The Morgan fingerprint density at radius 1 is 1.00 bits per heavy atom. The molecule has 0 aliphatic carbocycles. The van der Waals surface area contributed by atoms with Gasteiger partial charge in [0.15, 0.2) is 0 Å². The molecule has 3 heteroatoms. The first-order chi connectivity index (χ1) is 12.2. The number of hydrogen-bond acceptors (Lipinski definition) is 2. The summed E-state index contributed by atoms with van der Waals surface area (Å²) in [5.74, 6) is 0.733. The van der Waals surface area contributed by atoms with E-state index in [2.05, 4.69) is 11.4 Å². The summed E-state index contributed by atoms with van der Waals surface area (Å²) in [6, 6.07) is 21.9. The largest absolute Gasteiger partial charge is 0.497 e. The van der Waals surface area contributed by atoms with Crippen molar-refractivity contribution in [1.82, 2.24) is 5.32 Å². The van der Waals surface area contributed by atoms with Crippen LogP contribution in [0, 0.1) is 0 Å². The molecule has 0 unspecified atom stereocenters. The fraction of sp³-hybridized carbons (Fsp3) is 0.136. The lowest BCUT2D eigenvalue weighted by Crippen LogP contribution is -2.24. The number of benzene rings is 3. The van der Waals surface area contributed by atoms with Crippen LogP contribution in [0.2, 0.25) is 0 Å². The molecular formula is C22H21NO2. The van der Waals surface area contributed by atoms with Crippen molar-refractivity contribution >= 4 is 22.8 Å². The van der Waals surface area contributed by atoms with Gasteiger partial charge in [-0.15, -0.1) is 0 Å². The van der Waals surface area contributed by atoms with E-state index in [4.69, 9.17) is 4.74 Å². The molecule has 0 fully saturated rings. The minimum absolute atomic E-state index is 0.0255. The lowest BCUT2D eigenvalue weighted by Gasteiger charge is -2.12. The number of rotatable bonds is 5. The van der Waals surface area contributed by atoms with Gasteiger partial charge in [-0.25, -0.2) is 0 Å². The Labute approximate surface area is 147 Å². The number of nitrogens with one attached hydrogen (secondary N) is 1. The minimum Gasteiger partial charge on any atom is -0.497 e. The average Bonchev–Trinajstić information content (AvgIpc) is 2.66. The second-order valence-corrected chi connectivity index (χ2v) is 5.95. The zero-order chi connectivity index (χ0) is 17.6. The Morgan fingerprint density at radius 3 is 2.48 bits per heavy atom. The van der Waals surface area contributed by atoms with E-state index >= 15 is 0 Å². The third kappa shape index (κ3) is 4.27. The predicted octanol–water partition coefficient (Wildman–Crippen LogP) is 4.74. The van der Waals surface area contributed by atoms with Crippen molar-refractivity contribution in [2.45, 2.75) is 13.0 Å². The van der Waals surface area contributed by atoms with Crippen LogP contribution in [0.3, 0.4) is 0 Å². The molecule has 0 aromatic heterocycles. The highest BCUT2D eigenvalue weighted by molar-refractivity contribution is 5.93. The van der Waals surface area contributed by atoms with Gasteiger partial charge in [0.05, 0.1) is 13.2 Å². The van der Waals surface area contributed by atoms with E-state index in [1.54, 1.807) is 13.2 Å². The van der Waals surface area contributed by atoms with Crippen molar-refractivity contribution in [2.24, 2.45) is 0 Å². The first-order valence-corrected chi connectivity index (χ1v) is 8.27. The molecule has 25 heavy (non-hydrogen) atoms. The molecule has 0 aliphatic heterocycles. The third-order valence-corrected chi connectivity index (χ3v) is 4.16. The first-order valence-electron chi connectivity index (χ1n) is 8.27. The van der Waals surface area contributed by atoms with E-state index in [1.807, 2.05) is 73.7 Å². The summed E-state index contributed by atoms with van der Waals surface area (Å²) < 4.78 is 5.24. The number of carbonyl (C=O) groups is 1. The first kappa shape index (κ1) is 16.8. The fourth-order valence-electron chi connectivity index (χ4n) is 2.73. The maximum atomic E-state index is 12.1. The summed E-state index contributed by atoms with van der Waals surface area (Å²) in [4.78, 5) is 12.1. The monoisotopic (exact) mass is 331 g/mol. The molecule has 0 saturated heterocycles. The van der Waals surface area contributed by atoms with Crippen LogP contribution in [0.15, 0.2) is 72.8 Å². The minimum atomic E-state index is -0.105. The van der Waals surface area contributed by atoms with E-state index in [1.165, 1.54) is 0 Å². The van der Waals surface area contributed by atoms with E-state index in [9.17, 15) is 4.79 Å². The number of methoxy groups -OCH3 is 1. The lowest BCUT2D eigenvalue weighted by atomic mass is 10.1. The van der Waals surface area contributed by atoms with Crippen molar-refractivity contribution in [1.29, 1.82) is 0 Å². The quantitative estimate of drug-likeness (QED) is 0.686. The van der Waals surface area contributed by atoms with Crippen LogP contribution in [-0.4, -0.2) is 13.0 Å². The van der Waals surface area contributed by atoms with Crippen molar-refractivity contribution in [2.75, 3.05) is 7.11 Å². The van der Waals surface area contributed by atoms with Crippen molar-refractivity contribution in [3.8, 4) is 5.75 Å². The maximum absolute atomic E-state index is 12.1. The van der Waals surface area contributed by atoms with Crippen LogP contribution in [-0.2, 0) is 4.79 Å². The standard InChI is InChI=1S/C22H21NO2/c1-16(18-6-4-3-5-7-18)23-22(24)13-9-17-8-10-20-15-21(25-2)12-11-19(20)14-17/h3-16H,1-2H3,(H,23,24)/b13-9+/t16-/m0/s1. The molecule has 3 nitrogen and oxygen atoms in total. The van der Waals surface area contributed by atoms with Gasteiger partial charge in [0.1, 0.15) is 5.75 Å². The molecule has 0 spiro atoms. The number of amides is 1. The summed E-state index contributed by atoms with van der Waals surface area (Å²) in [5, 5.41) is 5.20. The van der Waals surface area contributed by atoms with Crippen LogP contribution in [0.1, 0.15) is 24.1 Å². The Balaban J connectivity index is 1.68. The highest BCUT2D eigenvalue weighted by atomic mass is 16.5. The Bertz CT molecular complexity index is 900. The summed E-state index contributed by atoms with van der Waals surface area (Å²) in [6.07, 6.45) is 3.40. The molecule has 1 amide bonds. The van der Waals surface area contributed by atoms with E-state index in [0.29, 0.717) is 0 Å². The van der Waals surface area contributed by atoms with Gasteiger partial charge in [0.2, 0.25) is 5.91 Å². The smallest absolute Gasteiger partial charge is 0.244 e. The Kier molecular flexibility index (Phi) is 5.14. The molecule has 3 rings (SSSR count). The number of hydrogen-bond donors (Lipinski definition) is 1. The van der Waals surface area contributed by atoms with Gasteiger partial charge in [-0.05, 0) is 53.1 Å². The molecule has 1 N–H and O–H groups in total. The van der Waals surface area contributed by atoms with Gasteiger partial charge in [-0.1, -0.05) is 48.5 Å². The number of ether oxygens (including phenoxy) is 1. The van der Waals surface area contributed by atoms with Gasteiger partial charge in [0.25, 0.3) is 0 Å². The van der Waals surface area contributed by atoms with Crippen LogP contribution in [0.4, 0.5) is 0 Å². The summed E-state index contributed by atoms with van der Waals surface area (Å²) in [5.41, 5.74) is 2.07. The van der Waals surface area contributed by atoms with E-state index < -0.39 is 0 Å². The van der Waals surface area contributed by atoms with E-state index in [-0.39, 0.29) is 11.9 Å². The molecule has 0 heterocycles. The number of fused-ring (bicyclic) bond motifs is 1. The molecule has 0 radical (unpaired) electrons. The maximum Gasteiger partial charge on any atom is 0.244 e. The SMILES string of the molecule is COc1ccc2cc(/C=C/C(=O)N[C@@H](C)c3ccccc3)ccc2c1. The van der Waals surface area contributed by atoms with Crippen LogP contribution in [0.5, 0.6) is 5.75 Å². The van der Waals surface area contributed by atoms with Crippen molar-refractivity contribution in [3.05, 3.63) is 83.9 Å². The Hall–Kier alpha value is -3.07. The van der Waals surface area contributed by atoms with Gasteiger partial charge < -0.3 is 10.1 Å². The molecule has 0 bridgehead atoms. The van der Waals surface area contributed by atoms with Crippen LogP contribution in [0.25, 0.3) is 16.8 Å². The third-order valence-electron chi connectivity index (χ3n) is 4.16. The van der Waals surface area contributed by atoms with Crippen LogP contribution < -0.4 is 10.1 Å². The molecule has 0 aliphatic rings. The fourth-order valence-corrected chi connectivity index (χ4v) is 2.73. The highest BCUT2D eigenvalue weighted by Crippen LogP contribution is 2.22. The molecular weight excluding hydrogens is 310 g/mol. The average molecular weight is 331 g/mol. The van der Waals surface area contributed by atoms with E-state index in [0.717, 1.165) is 27.6 Å². The molecule has 3 aromatic carbocycles. The molecule has 1 atom stereocenters. The molecule has 0 saturated carbocycles. The molecule has 3 aromatic rings. The van der Waals surface area contributed by atoms with Gasteiger partial charge in [0, 0.05) is 6.08 Å². The van der Waals surface area contributed by atoms with Gasteiger partial charge in [-0.3, -0.25) is 4.79 Å². The van der Waals surface area contributed by atoms with Crippen molar-refractivity contribution in [3.63, 3.8) is 0 Å². The second kappa shape index (κ2) is 7.67. The van der Waals surface area contributed by atoms with Crippen molar-refractivity contribution < 1.29 is 9.53 Å². The Morgan fingerprint density at radius 2 is 1.72 bits per heavy atom. The van der Waals surface area contributed by atoms with Gasteiger partial charge in [-0.2, -0.15) is 0 Å².